The highest BCUT2D eigenvalue weighted by molar-refractivity contribution is 5.95. The second kappa shape index (κ2) is 10.8. The van der Waals surface area contributed by atoms with Gasteiger partial charge in [-0.15, -0.1) is 0 Å². The molecule has 3 aromatic carbocycles. The Morgan fingerprint density at radius 1 is 0.967 bits per heavy atom. The summed E-state index contributed by atoms with van der Waals surface area (Å²) in [4.78, 5) is 12.9. The molecule has 1 N–H and O–H groups in total. The molecule has 3 rings (SSSR count). The molecule has 0 aromatic heterocycles. The molecule has 5 heteroatoms. The topological polar surface area (TPSA) is 56.8 Å². The summed E-state index contributed by atoms with van der Waals surface area (Å²) in [6.07, 6.45) is 0. The minimum absolute atomic E-state index is 0.122. The number of methoxy groups -OCH3 is 1. The van der Waals surface area contributed by atoms with Crippen LogP contribution in [-0.4, -0.2) is 39.4 Å². The minimum Gasteiger partial charge on any atom is -0.491 e. The van der Waals surface area contributed by atoms with Gasteiger partial charge in [-0.05, 0) is 47.9 Å². The van der Waals surface area contributed by atoms with Crippen LogP contribution < -0.4 is 10.1 Å². The quantitative estimate of drug-likeness (QED) is 0.496. The summed E-state index contributed by atoms with van der Waals surface area (Å²) >= 11 is 0. The fourth-order valence-corrected chi connectivity index (χ4v) is 3.34. The Kier molecular flexibility index (Phi) is 7.82. The number of rotatable bonds is 10. The van der Waals surface area contributed by atoms with E-state index >= 15 is 0 Å². The summed E-state index contributed by atoms with van der Waals surface area (Å²) in [5, 5.41) is 5.42. The number of benzene rings is 3. The van der Waals surface area contributed by atoms with Gasteiger partial charge in [-0.3, -0.25) is 4.79 Å². The second-order valence-electron chi connectivity index (χ2n) is 7.20. The van der Waals surface area contributed by atoms with E-state index in [9.17, 15) is 4.79 Å². The molecule has 0 aliphatic carbocycles. The van der Waals surface area contributed by atoms with E-state index in [0.29, 0.717) is 37.7 Å². The number of nitrogens with one attached hydrogen (secondary N) is 1. The lowest BCUT2D eigenvalue weighted by molar-refractivity contribution is 0.0543. The van der Waals surface area contributed by atoms with Gasteiger partial charge in [0, 0.05) is 12.7 Å². The van der Waals surface area contributed by atoms with Crippen LogP contribution in [0.1, 0.15) is 34.5 Å². The Balaban J connectivity index is 1.65. The number of ether oxygens (including phenoxy) is 3. The number of carbonyl (C=O) groups excluding carboxylic acids is 1. The van der Waals surface area contributed by atoms with Gasteiger partial charge in [-0.1, -0.05) is 48.5 Å². The summed E-state index contributed by atoms with van der Waals surface area (Å²) in [5.74, 6) is 0.562. The molecule has 1 atom stereocenters. The SMILES string of the molecule is COCCOCCOc1cc(C(=O)N[C@H](C)c2cccc3ccccc23)ccc1C. The number of hydrogen-bond acceptors (Lipinski definition) is 4. The van der Waals surface area contributed by atoms with Crippen LogP contribution in [0.4, 0.5) is 0 Å². The molecular weight excluding hydrogens is 378 g/mol. The van der Waals surface area contributed by atoms with Crippen LogP contribution in [0.25, 0.3) is 10.8 Å². The molecule has 0 spiro atoms. The summed E-state index contributed by atoms with van der Waals surface area (Å²) in [6.45, 7) is 5.94. The Morgan fingerprint density at radius 3 is 2.57 bits per heavy atom. The van der Waals surface area contributed by atoms with Gasteiger partial charge in [-0.25, -0.2) is 0 Å². The van der Waals surface area contributed by atoms with E-state index in [1.807, 2.05) is 44.2 Å². The molecule has 0 fully saturated rings. The number of amides is 1. The normalized spacial score (nSPS) is 12.0. The van der Waals surface area contributed by atoms with Crippen LogP contribution in [0, 0.1) is 6.92 Å². The molecule has 0 saturated heterocycles. The average Bonchev–Trinajstić information content (AvgIpc) is 2.76. The van der Waals surface area contributed by atoms with Gasteiger partial charge in [0.25, 0.3) is 5.91 Å². The second-order valence-corrected chi connectivity index (χ2v) is 7.20. The first-order valence-corrected chi connectivity index (χ1v) is 10.2. The van der Waals surface area contributed by atoms with Crippen LogP contribution in [0.15, 0.2) is 60.7 Å². The van der Waals surface area contributed by atoms with E-state index in [1.54, 1.807) is 13.2 Å². The van der Waals surface area contributed by atoms with Crippen molar-refractivity contribution in [2.45, 2.75) is 19.9 Å². The Hall–Kier alpha value is -2.89. The van der Waals surface area contributed by atoms with Crippen LogP contribution in [-0.2, 0) is 9.47 Å². The zero-order chi connectivity index (χ0) is 21.3. The predicted molar refractivity (Wildman–Crippen MR) is 119 cm³/mol. The molecule has 158 valence electrons. The maximum absolute atomic E-state index is 12.9. The van der Waals surface area contributed by atoms with Crippen molar-refractivity contribution in [3.63, 3.8) is 0 Å². The summed E-state index contributed by atoms with van der Waals surface area (Å²) in [6, 6.07) is 19.7. The van der Waals surface area contributed by atoms with Gasteiger partial charge in [0.2, 0.25) is 0 Å². The highest BCUT2D eigenvalue weighted by Gasteiger charge is 2.15. The molecule has 0 heterocycles. The molecule has 1 amide bonds. The van der Waals surface area contributed by atoms with Gasteiger partial charge >= 0.3 is 0 Å². The molecule has 0 radical (unpaired) electrons. The lowest BCUT2D eigenvalue weighted by Crippen LogP contribution is -2.26. The molecule has 30 heavy (non-hydrogen) atoms. The maximum atomic E-state index is 12.9. The van der Waals surface area contributed by atoms with E-state index in [-0.39, 0.29) is 11.9 Å². The van der Waals surface area contributed by atoms with Gasteiger partial charge in [0.1, 0.15) is 12.4 Å². The third-order valence-corrected chi connectivity index (χ3v) is 5.00. The van der Waals surface area contributed by atoms with Crippen LogP contribution in [0.5, 0.6) is 5.75 Å². The minimum atomic E-state index is -0.128. The van der Waals surface area contributed by atoms with Gasteiger partial charge < -0.3 is 19.5 Å². The van der Waals surface area contributed by atoms with E-state index in [4.69, 9.17) is 14.2 Å². The van der Waals surface area contributed by atoms with Crippen molar-refractivity contribution in [3.05, 3.63) is 77.4 Å². The molecule has 0 aliphatic heterocycles. The highest BCUT2D eigenvalue weighted by atomic mass is 16.5. The molecule has 0 bridgehead atoms. The standard InChI is InChI=1S/C25H29NO4/c1-18-11-12-21(17-24(18)30-16-15-29-14-13-28-3)25(27)26-19(2)22-10-6-8-20-7-4-5-9-23(20)22/h4-12,17,19H,13-16H2,1-3H3,(H,26,27)/t19-/m1/s1. The van der Waals surface area contributed by atoms with Gasteiger partial charge in [-0.2, -0.15) is 0 Å². The number of fused-ring (bicyclic) bond motifs is 1. The summed E-state index contributed by atoms with van der Waals surface area (Å²) in [7, 11) is 1.64. The third-order valence-electron chi connectivity index (χ3n) is 5.00. The van der Waals surface area contributed by atoms with Crippen molar-refractivity contribution in [2.75, 3.05) is 33.5 Å². The first-order chi connectivity index (χ1) is 14.6. The fourth-order valence-electron chi connectivity index (χ4n) is 3.34. The smallest absolute Gasteiger partial charge is 0.251 e. The van der Waals surface area contributed by atoms with Crippen molar-refractivity contribution in [1.29, 1.82) is 0 Å². The lowest BCUT2D eigenvalue weighted by atomic mass is 9.99. The summed E-state index contributed by atoms with van der Waals surface area (Å²) in [5.41, 5.74) is 2.65. The molecule has 3 aromatic rings. The van der Waals surface area contributed by atoms with Crippen molar-refractivity contribution in [2.24, 2.45) is 0 Å². The Morgan fingerprint density at radius 2 is 1.73 bits per heavy atom. The number of aryl methyl sites for hydroxylation is 1. The lowest BCUT2D eigenvalue weighted by Gasteiger charge is -2.17. The highest BCUT2D eigenvalue weighted by Crippen LogP contribution is 2.25. The maximum Gasteiger partial charge on any atom is 0.251 e. The first kappa shape index (κ1) is 21.8. The largest absolute Gasteiger partial charge is 0.491 e. The van der Waals surface area contributed by atoms with Crippen LogP contribution in [0.3, 0.4) is 0 Å². The third kappa shape index (κ3) is 5.59. The molecule has 5 nitrogen and oxygen atoms in total. The molecular formula is C25H29NO4. The molecule has 0 aliphatic rings. The van der Waals surface area contributed by atoms with E-state index < -0.39 is 0 Å². The van der Waals surface area contributed by atoms with Crippen molar-refractivity contribution < 1.29 is 19.0 Å². The van der Waals surface area contributed by atoms with E-state index in [2.05, 4.69) is 29.6 Å². The Labute approximate surface area is 178 Å². The zero-order valence-electron chi connectivity index (χ0n) is 17.8. The van der Waals surface area contributed by atoms with Gasteiger partial charge in [0.15, 0.2) is 0 Å². The average molecular weight is 408 g/mol. The predicted octanol–water partition coefficient (Wildman–Crippen LogP) is 4.68. The first-order valence-electron chi connectivity index (χ1n) is 10.2. The molecule has 0 unspecified atom stereocenters. The van der Waals surface area contributed by atoms with Crippen LogP contribution in [0.2, 0.25) is 0 Å². The number of hydrogen-bond donors (Lipinski definition) is 1. The molecule has 0 saturated carbocycles. The van der Waals surface area contributed by atoms with Crippen molar-refractivity contribution in [1.82, 2.24) is 5.32 Å². The Bertz CT molecular complexity index is 981. The van der Waals surface area contributed by atoms with Gasteiger partial charge in [0.05, 0.1) is 25.9 Å². The van der Waals surface area contributed by atoms with E-state index in [0.717, 1.165) is 21.9 Å². The fraction of sp³-hybridized carbons (Fsp3) is 0.320. The van der Waals surface area contributed by atoms with Crippen LogP contribution >= 0.6 is 0 Å². The summed E-state index contributed by atoms with van der Waals surface area (Å²) < 4.78 is 16.2. The monoisotopic (exact) mass is 407 g/mol. The van der Waals surface area contributed by atoms with Crippen molar-refractivity contribution >= 4 is 16.7 Å². The van der Waals surface area contributed by atoms with Crippen molar-refractivity contribution in [3.8, 4) is 5.75 Å². The van der Waals surface area contributed by atoms with E-state index in [1.165, 1.54) is 0 Å². The zero-order valence-corrected chi connectivity index (χ0v) is 17.8. The number of carbonyl (C=O) groups is 1.